The lowest BCUT2D eigenvalue weighted by Gasteiger charge is -2.21. The van der Waals surface area contributed by atoms with Gasteiger partial charge < -0.3 is 10.1 Å². The Labute approximate surface area is 104 Å². The van der Waals surface area contributed by atoms with E-state index in [9.17, 15) is 0 Å². The lowest BCUT2D eigenvalue weighted by Crippen LogP contribution is -2.25. The maximum atomic E-state index is 5.48. The molecule has 0 fully saturated rings. The maximum Gasteiger partial charge on any atom is 0.218 e. The molecule has 0 saturated carbocycles. The molecule has 0 bridgehead atoms. The van der Waals surface area contributed by atoms with Crippen LogP contribution in [0.25, 0.3) is 0 Å². The van der Waals surface area contributed by atoms with E-state index in [2.05, 4.69) is 43.0 Å². The molecule has 0 spiro atoms. The summed E-state index contributed by atoms with van der Waals surface area (Å²) >= 11 is 0. The molecule has 0 aliphatic rings. The number of hydrogen-bond donors (Lipinski definition) is 1. The van der Waals surface area contributed by atoms with Gasteiger partial charge in [0.15, 0.2) is 0 Å². The summed E-state index contributed by atoms with van der Waals surface area (Å²) in [5.74, 6) is 2.06. The van der Waals surface area contributed by atoms with E-state index in [0.717, 1.165) is 18.7 Å². The van der Waals surface area contributed by atoms with Gasteiger partial charge in [-0.15, -0.1) is 0 Å². The molecule has 4 heteroatoms. The number of ether oxygens (including phenoxy) is 1. The van der Waals surface area contributed by atoms with Crippen LogP contribution in [-0.2, 0) is 0 Å². The van der Waals surface area contributed by atoms with Crippen molar-refractivity contribution >= 4 is 5.82 Å². The summed E-state index contributed by atoms with van der Waals surface area (Å²) in [7, 11) is 0. The van der Waals surface area contributed by atoms with Crippen LogP contribution in [0.15, 0.2) is 12.4 Å². The fraction of sp³-hybridized carbons (Fsp3) is 0.692. The van der Waals surface area contributed by atoms with Crippen molar-refractivity contribution in [3.8, 4) is 5.88 Å². The van der Waals surface area contributed by atoms with Crippen molar-refractivity contribution in [2.45, 2.75) is 46.6 Å². The van der Waals surface area contributed by atoms with Crippen LogP contribution in [0.1, 0.15) is 40.5 Å². The second kappa shape index (κ2) is 7.09. The molecule has 1 rings (SSSR count). The molecule has 1 aromatic heterocycles. The number of anilines is 1. The molecule has 0 aromatic carbocycles. The Morgan fingerprint density at radius 1 is 1.29 bits per heavy atom. The Balaban J connectivity index is 2.64. The highest BCUT2D eigenvalue weighted by Gasteiger charge is 2.11. The molecule has 0 aliphatic heterocycles. The van der Waals surface area contributed by atoms with Gasteiger partial charge in [0, 0.05) is 12.1 Å². The molecule has 1 N–H and O–H groups in total. The van der Waals surface area contributed by atoms with E-state index < -0.39 is 0 Å². The molecule has 1 unspecified atom stereocenters. The van der Waals surface area contributed by atoms with Crippen molar-refractivity contribution < 1.29 is 4.74 Å². The number of nitrogens with zero attached hydrogens (tertiary/aromatic N) is 2. The third-order valence-electron chi connectivity index (χ3n) is 2.67. The van der Waals surface area contributed by atoms with Crippen LogP contribution < -0.4 is 10.1 Å². The maximum absolute atomic E-state index is 5.48. The van der Waals surface area contributed by atoms with Crippen LogP contribution in [0.4, 0.5) is 5.82 Å². The van der Waals surface area contributed by atoms with Crippen LogP contribution in [-0.4, -0.2) is 22.6 Å². The summed E-state index contributed by atoms with van der Waals surface area (Å²) in [6, 6.07) is 2.30. The normalized spacial score (nSPS) is 12.5. The SMILES string of the molecule is CCCOc1cc(NC(CC)C(C)C)ncn1. The van der Waals surface area contributed by atoms with E-state index in [1.54, 1.807) is 6.33 Å². The summed E-state index contributed by atoms with van der Waals surface area (Å²) in [6.07, 6.45) is 3.60. The second-order valence-electron chi connectivity index (χ2n) is 4.49. The summed E-state index contributed by atoms with van der Waals surface area (Å²) in [4.78, 5) is 8.30. The van der Waals surface area contributed by atoms with Crippen molar-refractivity contribution in [3.05, 3.63) is 12.4 Å². The van der Waals surface area contributed by atoms with Crippen molar-refractivity contribution in [2.24, 2.45) is 5.92 Å². The Kier molecular flexibility index (Phi) is 5.73. The highest BCUT2D eigenvalue weighted by molar-refractivity contribution is 5.38. The predicted molar refractivity (Wildman–Crippen MR) is 70.4 cm³/mol. The van der Waals surface area contributed by atoms with Gasteiger partial charge in [0.2, 0.25) is 5.88 Å². The van der Waals surface area contributed by atoms with Gasteiger partial charge in [-0.25, -0.2) is 9.97 Å². The third kappa shape index (κ3) is 4.59. The molecule has 4 nitrogen and oxygen atoms in total. The molecule has 96 valence electrons. The third-order valence-corrected chi connectivity index (χ3v) is 2.67. The van der Waals surface area contributed by atoms with E-state index in [4.69, 9.17) is 4.74 Å². The zero-order chi connectivity index (χ0) is 12.7. The highest BCUT2D eigenvalue weighted by Crippen LogP contribution is 2.16. The average molecular weight is 237 g/mol. The molecular weight excluding hydrogens is 214 g/mol. The fourth-order valence-electron chi connectivity index (χ4n) is 1.63. The van der Waals surface area contributed by atoms with Crippen LogP contribution in [0.2, 0.25) is 0 Å². The Morgan fingerprint density at radius 2 is 2.06 bits per heavy atom. The van der Waals surface area contributed by atoms with E-state index in [1.807, 2.05) is 6.07 Å². The zero-order valence-corrected chi connectivity index (χ0v) is 11.2. The van der Waals surface area contributed by atoms with Crippen LogP contribution >= 0.6 is 0 Å². The number of aromatic nitrogens is 2. The lowest BCUT2D eigenvalue weighted by molar-refractivity contribution is 0.305. The monoisotopic (exact) mass is 237 g/mol. The minimum atomic E-state index is 0.434. The summed E-state index contributed by atoms with van der Waals surface area (Å²) in [5, 5.41) is 3.41. The minimum Gasteiger partial charge on any atom is -0.478 e. The topological polar surface area (TPSA) is 47.0 Å². The number of rotatable bonds is 7. The first kappa shape index (κ1) is 13.7. The second-order valence-corrected chi connectivity index (χ2v) is 4.49. The van der Waals surface area contributed by atoms with E-state index in [0.29, 0.717) is 24.4 Å². The number of hydrogen-bond acceptors (Lipinski definition) is 4. The largest absolute Gasteiger partial charge is 0.478 e. The molecule has 0 aliphatic carbocycles. The number of nitrogens with one attached hydrogen (secondary N) is 1. The van der Waals surface area contributed by atoms with Crippen LogP contribution in [0, 0.1) is 5.92 Å². The summed E-state index contributed by atoms with van der Waals surface area (Å²) in [6.45, 7) is 9.35. The highest BCUT2D eigenvalue weighted by atomic mass is 16.5. The first-order valence-electron chi connectivity index (χ1n) is 6.38. The Hall–Kier alpha value is -1.32. The molecule has 1 atom stereocenters. The molecule has 1 aromatic rings. The quantitative estimate of drug-likeness (QED) is 0.791. The first-order valence-corrected chi connectivity index (χ1v) is 6.38. The zero-order valence-electron chi connectivity index (χ0n) is 11.2. The van der Waals surface area contributed by atoms with Crippen LogP contribution in [0.3, 0.4) is 0 Å². The average Bonchev–Trinajstić information content (AvgIpc) is 2.33. The van der Waals surface area contributed by atoms with Gasteiger partial charge in [-0.1, -0.05) is 27.7 Å². The molecule has 0 radical (unpaired) electrons. The van der Waals surface area contributed by atoms with Crippen molar-refractivity contribution in [1.29, 1.82) is 0 Å². The minimum absolute atomic E-state index is 0.434. The van der Waals surface area contributed by atoms with E-state index in [1.165, 1.54) is 0 Å². The van der Waals surface area contributed by atoms with Gasteiger partial charge in [0.25, 0.3) is 0 Å². The lowest BCUT2D eigenvalue weighted by atomic mass is 10.0. The standard InChI is InChI=1S/C13H23N3O/c1-5-7-17-13-8-12(14-9-15-13)16-11(6-2)10(3)4/h8-11H,5-7H2,1-4H3,(H,14,15,16). The van der Waals surface area contributed by atoms with Crippen molar-refractivity contribution in [2.75, 3.05) is 11.9 Å². The van der Waals surface area contributed by atoms with E-state index >= 15 is 0 Å². The van der Waals surface area contributed by atoms with Gasteiger partial charge in [-0.3, -0.25) is 0 Å². The van der Waals surface area contributed by atoms with Gasteiger partial charge >= 0.3 is 0 Å². The molecule has 0 amide bonds. The molecule has 1 heterocycles. The molecular formula is C13H23N3O. The van der Waals surface area contributed by atoms with Gasteiger partial charge in [-0.05, 0) is 18.8 Å². The van der Waals surface area contributed by atoms with Gasteiger partial charge in [0.05, 0.1) is 6.61 Å². The van der Waals surface area contributed by atoms with Crippen molar-refractivity contribution in [3.63, 3.8) is 0 Å². The molecule has 0 saturated heterocycles. The van der Waals surface area contributed by atoms with E-state index in [-0.39, 0.29) is 0 Å². The Bertz CT molecular complexity index is 328. The predicted octanol–water partition coefficient (Wildman–Crippen LogP) is 3.11. The summed E-state index contributed by atoms with van der Waals surface area (Å²) in [5.41, 5.74) is 0. The smallest absolute Gasteiger partial charge is 0.218 e. The summed E-state index contributed by atoms with van der Waals surface area (Å²) < 4.78 is 5.48. The van der Waals surface area contributed by atoms with Gasteiger partial charge in [0.1, 0.15) is 12.1 Å². The van der Waals surface area contributed by atoms with Gasteiger partial charge in [-0.2, -0.15) is 0 Å². The Morgan fingerprint density at radius 3 is 2.65 bits per heavy atom. The fourth-order valence-corrected chi connectivity index (χ4v) is 1.63. The van der Waals surface area contributed by atoms with Crippen LogP contribution in [0.5, 0.6) is 5.88 Å². The first-order chi connectivity index (χ1) is 8.17. The molecule has 17 heavy (non-hydrogen) atoms. The van der Waals surface area contributed by atoms with Crippen molar-refractivity contribution in [1.82, 2.24) is 9.97 Å².